The van der Waals surface area contributed by atoms with E-state index < -0.39 is 37.3 Å². The van der Waals surface area contributed by atoms with E-state index >= 15 is 0 Å². The van der Waals surface area contributed by atoms with Crippen LogP contribution in [0.2, 0.25) is 0 Å². The Bertz CT molecular complexity index is 167. The molecule has 0 aromatic heterocycles. The summed E-state index contributed by atoms with van der Waals surface area (Å²) in [6.07, 6.45) is -4.49. The number of hydrogen-bond acceptors (Lipinski definition) is 6. The molecule has 1 heterocycles. The molecule has 13 heavy (non-hydrogen) atoms. The Kier molecular flexibility index (Phi) is 3.60. The van der Waals surface area contributed by atoms with Gasteiger partial charge in [0.05, 0.1) is 12.6 Å². The van der Waals surface area contributed by atoms with Crippen LogP contribution >= 0.6 is 0 Å². The van der Waals surface area contributed by atoms with Crippen LogP contribution in [0.3, 0.4) is 0 Å². The zero-order valence-corrected chi connectivity index (χ0v) is 7.29. The fourth-order valence-corrected chi connectivity index (χ4v) is 1.41. The molecule has 0 aromatic rings. The van der Waals surface area contributed by atoms with Gasteiger partial charge in [-0.2, -0.15) is 0 Å². The van der Waals surface area contributed by atoms with Gasteiger partial charge in [-0.3, -0.25) is 0 Å². The van der Waals surface area contributed by atoms with Crippen LogP contribution in [0.5, 0.6) is 0 Å². The molecule has 0 radical (unpaired) electrons. The number of aliphatic hydroxyl groups is 4. The lowest BCUT2D eigenvalue weighted by Crippen LogP contribution is -2.62. The summed E-state index contributed by atoms with van der Waals surface area (Å²) in [6.45, 7) is -0.439. The summed E-state index contributed by atoms with van der Waals surface area (Å²) in [4.78, 5) is 0. The number of rotatable bonds is 2. The lowest BCUT2D eigenvalue weighted by molar-refractivity contribution is -0.253. The molecule has 0 bridgehead atoms. The second kappa shape index (κ2) is 4.32. The number of hydrogen-bond donors (Lipinski definition) is 5. The number of likely N-dealkylation sites (N-methyl/N-ethyl adjacent to an activating group) is 1. The quantitative estimate of drug-likeness (QED) is 0.320. The van der Waals surface area contributed by atoms with E-state index in [1.165, 1.54) is 7.05 Å². The van der Waals surface area contributed by atoms with Gasteiger partial charge in [-0.15, -0.1) is 0 Å². The predicted octanol–water partition coefficient (Wildman–Crippen LogP) is -2.99. The van der Waals surface area contributed by atoms with E-state index in [0.29, 0.717) is 0 Å². The largest absolute Gasteiger partial charge is 0.394 e. The molecule has 5 N–H and O–H groups in total. The van der Waals surface area contributed by atoms with Gasteiger partial charge in [0.25, 0.3) is 0 Å². The first-order chi connectivity index (χ1) is 6.11. The van der Waals surface area contributed by atoms with Gasteiger partial charge in [0.1, 0.15) is 18.3 Å². The van der Waals surface area contributed by atoms with Gasteiger partial charge >= 0.3 is 0 Å². The van der Waals surface area contributed by atoms with Gasteiger partial charge in [0, 0.05) is 0 Å². The molecule has 3 unspecified atom stereocenters. The van der Waals surface area contributed by atoms with Crippen LogP contribution in [0.25, 0.3) is 0 Å². The second-order valence-corrected chi connectivity index (χ2v) is 3.04. The Labute approximate surface area is 75.8 Å². The lowest BCUT2D eigenvalue weighted by Gasteiger charge is -2.39. The predicted molar refractivity (Wildman–Crippen MR) is 42.8 cm³/mol. The molecule has 0 saturated carbocycles. The Morgan fingerprint density at radius 1 is 1.23 bits per heavy atom. The first kappa shape index (κ1) is 10.8. The van der Waals surface area contributed by atoms with Crippen LogP contribution in [-0.2, 0) is 4.74 Å². The van der Waals surface area contributed by atoms with Crippen LogP contribution in [0, 0.1) is 0 Å². The third kappa shape index (κ3) is 1.98. The zero-order chi connectivity index (χ0) is 10.0. The summed E-state index contributed by atoms with van der Waals surface area (Å²) in [6, 6.07) is -0.738. The summed E-state index contributed by atoms with van der Waals surface area (Å²) < 4.78 is 4.85. The molecule has 1 aliphatic rings. The second-order valence-electron chi connectivity index (χ2n) is 3.04. The van der Waals surface area contributed by atoms with Crippen molar-refractivity contribution in [2.24, 2.45) is 0 Å². The Balaban J connectivity index is 2.66. The first-order valence-electron chi connectivity index (χ1n) is 4.09. The maximum atomic E-state index is 9.45. The molecule has 1 saturated heterocycles. The summed E-state index contributed by atoms with van der Waals surface area (Å²) in [5.74, 6) is 0. The number of aliphatic hydroxyl groups excluding tert-OH is 4. The molecule has 1 fully saturated rings. The van der Waals surface area contributed by atoms with Crippen molar-refractivity contribution in [2.75, 3.05) is 13.7 Å². The molecule has 0 spiro atoms. The molecule has 0 amide bonds. The van der Waals surface area contributed by atoms with Gasteiger partial charge < -0.3 is 30.5 Å². The van der Waals surface area contributed by atoms with Gasteiger partial charge in [0.2, 0.25) is 0 Å². The fraction of sp³-hybridized carbons (Fsp3) is 1.00. The molecule has 0 aliphatic carbocycles. The third-order valence-corrected chi connectivity index (χ3v) is 2.23. The average molecular weight is 193 g/mol. The minimum atomic E-state index is -1.22. The van der Waals surface area contributed by atoms with Gasteiger partial charge in [-0.25, -0.2) is 0 Å². The fourth-order valence-electron chi connectivity index (χ4n) is 1.41. The maximum Gasteiger partial charge on any atom is 0.173 e. The highest BCUT2D eigenvalue weighted by Crippen LogP contribution is 2.18. The van der Waals surface area contributed by atoms with E-state index in [4.69, 9.17) is 9.84 Å². The van der Waals surface area contributed by atoms with Crippen molar-refractivity contribution >= 4 is 0 Å². The van der Waals surface area contributed by atoms with Crippen LogP contribution in [0.1, 0.15) is 0 Å². The summed E-state index contributed by atoms with van der Waals surface area (Å²) in [5, 5.41) is 39.4. The third-order valence-electron chi connectivity index (χ3n) is 2.23. The van der Waals surface area contributed by atoms with Crippen LogP contribution in [0.15, 0.2) is 0 Å². The van der Waals surface area contributed by atoms with Crippen molar-refractivity contribution in [3.8, 4) is 0 Å². The highest BCUT2D eigenvalue weighted by Gasteiger charge is 2.42. The van der Waals surface area contributed by atoms with Crippen molar-refractivity contribution in [3.05, 3.63) is 0 Å². The maximum absolute atomic E-state index is 9.45. The van der Waals surface area contributed by atoms with Crippen molar-refractivity contribution < 1.29 is 25.2 Å². The van der Waals surface area contributed by atoms with Crippen molar-refractivity contribution in [3.63, 3.8) is 0 Å². The Morgan fingerprint density at radius 3 is 2.31 bits per heavy atom. The van der Waals surface area contributed by atoms with E-state index in [1.54, 1.807) is 0 Å². The van der Waals surface area contributed by atoms with E-state index in [1.807, 2.05) is 0 Å². The van der Waals surface area contributed by atoms with Gasteiger partial charge in [0.15, 0.2) is 6.29 Å². The summed E-state index contributed by atoms with van der Waals surface area (Å²) in [7, 11) is 1.53. The topological polar surface area (TPSA) is 102 Å². The van der Waals surface area contributed by atoms with Crippen molar-refractivity contribution in [1.82, 2.24) is 5.32 Å². The highest BCUT2D eigenvalue weighted by atomic mass is 16.6. The molecule has 1 rings (SSSR count). The molecule has 6 nitrogen and oxygen atoms in total. The van der Waals surface area contributed by atoms with Crippen LogP contribution in [-0.4, -0.2) is 64.7 Å². The Morgan fingerprint density at radius 2 is 1.85 bits per heavy atom. The normalized spacial score (nSPS) is 46.4. The summed E-state index contributed by atoms with van der Waals surface area (Å²) in [5.41, 5.74) is 0. The monoisotopic (exact) mass is 193 g/mol. The smallest absolute Gasteiger partial charge is 0.173 e. The first-order valence-corrected chi connectivity index (χ1v) is 4.09. The van der Waals surface area contributed by atoms with Crippen molar-refractivity contribution in [2.45, 2.75) is 30.6 Å². The van der Waals surface area contributed by atoms with Crippen LogP contribution in [0.4, 0.5) is 0 Å². The molecule has 5 atom stereocenters. The van der Waals surface area contributed by atoms with E-state index in [0.717, 1.165) is 0 Å². The Hall–Kier alpha value is -0.240. The molecule has 0 aromatic carbocycles. The molecular formula is C7H15NO5. The van der Waals surface area contributed by atoms with E-state index in [9.17, 15) is 15.3 Å². The van der Waals surface area contributed by atoms with Gasteiger partial charge in [-0.1, -0.05) is 0 Å². The van der Waals surface area contributed by atoms with E-state index in [2.05, 4.69) is 5.32 Å². The molecule has 1 aliphatic heterocycles. The number of nitrogens with one attached hydrogen (secondary N) is 1. The highest BCUT2D eigenvalue weighted by molar-refractivity contribution is 4.91. The molecule has 6 heteroatoms. The van der Waals surface area contributed by atoms with E-state index in [-0.39, 0.29) is 0 Å². The van der Waals surface area contributed by atoms with Gasteiger partial charge in [-0.05, 0) is 7.05 Å². The molecule has 78 valence electrons. The number of ether oxygens (including phenoxy) is 1. The van der Waals surface area contributed by atoms with Crippen molar-refractivity contribution in [1.29, 1.82) is 0 Å². The standard InChI is InChI=1S/C7H15NO5/c1-8-4-6(11)5(10)3(2-9)13-7(4)12/h3-12H,2H2,1H3/t3?,4?,5-,6-,7?/m1/s1. The SMILES string of the molecule is CNC1C(O)OC(CO)[C@@H](O)[C@@H]1O. The minimum Gasteiger partial charge on any atom is -0.394 e. The molecular weight excluding hydrogens is 178 g/mol. The van der Waals surface area contributed by atoms with Crippen LogP contribution < -0.4 is 5.32 Å². The minimum absolute atomic E-state index is 0.439. The summed E-state index contributed by atoms with van der Waals surface area (Å²) >= 11 is 0. The lowest BCUT2D eigenvalue weighted by atomic mass is 9.97. The average Bonchev–Trinajstić information content (AvgIpc) is 2.12. The zero-order valence-electron chi connectivity index (χ0n) is 7.29.